The fourth-order valence-electron chi connectivity index (χ4n) is 3.98. The van der Waals surface area contributed by atoms with E-state index in [-0.39, 0.29) is 17.4 Å². The first-order valence-electron chi connectivity index (χ1n) is 11.2. The maximum absolute atomic E-state index is 13.0. The van der Waals surface area contributed by atoms with Crippen molar-refractivity contribution < 1.29 is 23.1 Å². The van der Waals surface area contributed by atoms with Crippen LogP contribution in [0.5, 0.6) is 0 Å². The standard InChI is InChI=1S/C25H29N5O5S2/c1-14-10-15(2)22(16(3)11-14)37(34,35)30-19(24(32)33)13-28-23(31)21-9-8-20(36-21)18-7-5-4-6-17(18)12-29-25(26)27/h4-11,19,30H,12-13H2,1-3H3,(H,28,31)(H,32,33)(H4,26,27,29)/t19-/m0/s1. The van der Waals surface area contributed by atoms with Crippen LogP contribution in [0.4, 0.5) is 0 Å². The van der Waals surface area contributed by atoms with E-state index < -0.39 is 34.5 Å². The molecule has 196 valence electrons. The van der Waals surface area contributed by atoms with Gasteiger partial charge in [-0.15, -0.1) is 11.3 Å². The van der Waals surface area contributed by atoms with E-state index in [0.29, 0.717) is 16.0 Å². The number of sulfonamides is 1. The molecule has 3 rings (SSSR count). The fraction of sp³-hybridized carbons (Fsp3) is 0.240. The van der Waals surface area contributed by atoms with Gasteiger partial charge in [0.05, 0.1) is 16.3 Å². The van der Waals surface area contributed by atoms with Gasteiger partial charge in [-0.3, -0.25) is 9.59 Å². The number of amides is 1. The van der Waals surface area contributed by atoms with Crippen LogP contribution in [0.15, 0.2) is 58.4 Å². The van der Waals surface area contributed by atoms with Gasteiger partial charge in [0.15, 0.2) is 5.96 Å². The molecule has 1 atom stereocenters. The minimum atomic E-state index is -4.15. The lowest BCUT2D eigenvalue weighted by molar-refractivity contribution is -0.138. The fourth-order valence-corrected chi connectivity index (χ4v) is 6.60. The summed E-state index contributed by atoms with van der Waals surface area (Å²) >= 11 is 1.21. The zero-order valence-electron chi connectivity index (χ0n) is 20.6. The Morgan fingerprint density at radius 2 is 1.70 bits per heavy atom. The van der Waals surface area contributed by atoms with Crippen LogP contribution in [0.3, 0.4) is 0 Å². The van der Waals surface area contributed by atoms with Gasteiger partial charge in [-0.25, -0.2) is 13.4 Å². The number of benzene rings is 2. The number of rotatable bonds is 10. The first-order chi connectivity index (χ1) is 17.4. The van der Waals surface area contributed by atoms with Crippen LogP contribution in [-0.4, -0.2) is 43.9 Å². The number of aryl methyl sites for hydroxylation is 3. The molecule has 0 radical (unpaired) electrons. The molecule has 12 heteroatoms. The number of nitrogens with zero attached hydrogens (tertiary/aromatic N) is 1. The summed E-state index contributed by atoms with van der Waals surface area (Å²) in [5, 5.41) is 12.1. The minimum absolute atomic E-state index is 0.0259. The highest BCUT2D eigenvalue weighted by molar-refractivity contribution is 7.89. The molecule has 1 heterocycles. The number of nitrogens with one attached hydrogen (secondary N) is 2. The molecule has 0 spiro atoms. The lowest BCUT2D eigenvalue weighted by atomic mass is 10.1. The Morgan fingerprint density at radius 1 is 1.05 bits per heavy atom. The zero-order valence-corrected chi connectivity index (χ0v) is 22.2. The van der Waals surface area contributed by atoms with E-state index in [0.717, 1.165) is 21.6 Å². The molecule has 1 aromatic heterocycles. The first-order valence-corrected chi connectivity index (χ1v) is 13.5. The van der Waals surface area contributed by atoms with Crippen LogP contribution >= 0.6 is 11.3 Å². The lowest BCUT2D eigenvalue weighted by Crippen LogP contribution is -2.48. The number of thiophene rings is 1. The molecule has 0 aliphatic heterocycles. The van der Waals surface area contributed by atoms with Gasteiger partial charge in [-0.05, 0) is 55.2 Å². The predicted octanol–water partition coefficient (Wildman–Crippen LogP) is 2.28. The van der Waals surface area contributed by atoms with Crippen LogP contribution < -0.4 is 21.5 Å². The van der Waals surface area contributed by atoms with Gasteiger partial charge in [0.1, 0.15) is 6.04 Å². The Morgan fingerprint density at radius 3 is 2.32 bits per heavy atom. The highest BCUT2D eigenvalue weighted by Crippen LogP contribution is 2.31. The van der Waals surface area contributed by atoms with Crippen LogP contribution in [0, 0.1) is 20.8 Å². The zero-order chi connectivity index (χ0) is 27.3. The third-order valence-corrected chi connectivity index (χ3v) is 8.37. The number of guanidine groups is 1. The molecule has 0 aliphatic rings. The number of hydrogen-bond donors (Lipinski definition) is 5. The van der Waals surface area contributed by atoms with Gasteiger partial charge < -0.3 is 21.9 Å². The molecule has 0 fully saturated rings. The number of hydrogen-bond acceptors (Lipinski definition) is 6. The Kier molecular flexibility index (Phi) is 8.69. The summed E-state index contributed by atoms with van der Waals surface area (Å²) in [4.78, 5) is 29.8. The highest BCUT2D eigenvalue weighted by atomic mass is 32.2. The van der Waals surface area contributed by atoms with Gasteiger partial charge in [0, 0.05) is 11.4 Å². The number of aliphatic carboxylic acids is 1. The van der Waals surface area contributed by atoms with Crippen LogP contribution in [0.1, 0.15) is 31.9 Å². The monoisotopic (exact) mass is 543 g/mol. The van der Waals surface area contributed by atoms with Crippen LogP contribution in [0.2, 0.25) is 0 Å². The van der Waals surface area contributed by atoms with E-state index in [9.17, 15) is 23.1 Å². The predicted molar refractivity (Wildman–Crippen MR) is 144 cm³/mol. The third kappa shape index (κ3) is 6.94. The maximum atomic E-state index is 13.0. The number of carboxylic acids is 1. The molecule has 10 nitrogen and oxygen atoms in total. The average Bonchev–Trinajstić information content (AvgIpc) is 3.29. The van der Waals surface area contributed by atoms with E-state index in [2.05, 4.69) is 15.0 Å². The second-order valence-corrected chi connectivity index (χ2v) is 11.2. The minimum Gasteiger partial charge on any atom is -0.480 e. The van der Waals surface area contributed by atoms with Crippen molar-refractivity contribution in [2.24, 2.45) is 16.5 Å². The van der Waals surface area contributed by atoms with Crippen LogP contribution in [-0.2, 0) is 21.4 Å². The van der Waals surface area contributed by atoms with Crippen molar-refractivity contribution in [3.63, 3.8) is 0 Å². The van der Waals surface area contributed by atoms with Gasteiger partial charge in [-0.2, -0.15) is 4.72 Å². The summed E-state index contributed by atoms with van der Waals surface area (Å²) in [6, 6.07) is 12.7. The van der Waals surface area contributed by atoms with Crippen LogP contribution in [0.25, 0.3) is 10.4 Å². The molecule has 0 unspecified atom stereocenters. The summed E-state index contributed by atoms with van der Waals surface area (Å²) in [7, 11) is -4.15. The van der Waals surface area contributed by atoms with Crippen molar-refractivity contribution in [2.75, 3.05) is 6.54 Å². The number of carbonyl (C=O) groups excluding carboxylic acids is 1. The molecule has 0 aliphatic carbocycles. The van der Waals surface area contributed by atoms with Gasteiger partial charge in [-0.1, -0.05) is 42.0 Å². The van der Waals surface area contributed by atoms with Crippen molar-refractivity contribution in [3.05, 3.63) is 75.7 Å². The largest absolute Gasteiger partial charge is 0.480 e. The summed E-state index contributed by atoms with van der Waals surface area (Å²) < 4.78 is 28.2. The summed E-state index contributed by atoms with van der Waals surface area (Å²) in [5.41, 5.74) is 14.5. The average molecular weight is 544 g/mol. The number of nitrogens with two attached hydrogens (primary N) is 2. The number of carbonyl (C=O) groups is 2. The number of aliphatic imine (C=N–C) groups is 1. The molecule has 0 bridgehead atoms. The maximum Gasteiger partial charge on any atom is 0.323 e. The SMILES string of the molecule is Cc1cc(C)c(S(=O)(=O)N[C@@H](CNC(=O)c2ccc(-c3ccccc3CN=C(N)N)s2)C(=O)O)c(C)c1. The van der Waals surface area contributed by atoms with Crippen molar-refractivity contribution in [1.29, 1.82) is 0 Å². The summed E-state index contributed by atoms with van der Waals surface area (Å²) in [6.07, 6.45) is 0. The second-order valence-electron chi connectivity index (χ2n) is 8.51. The second kappa shape index (κ2) is 11.5. The molecule has 3 aromatic rings. The summed E-state index contributed by atoms with van der Waals surface area (Å²) in [6.45, 7) is 4.98. The first kappa shape index (κ1) is 27.8. The van der Waals surface area contributed by atoms with E-state index in [1.54, 1.807) is 38.1 Å². The Hall–Kier alpha value is -3.74. The third-order valence-electron chi connectivity index (χ3n) is 5.48. The quantitative estimate of drug-likeness (QED) is 0.192. The highest BCUT2D eigenvalue weighted by Gasteiger charge is 2.28. The van der Waals surface area contributed by atoms with Crippen molar-refractivity contribution in [1.82, 2.24) is 10.0 Å². The van der Waals surface area contributed by atoms with Crippen molar-refractivity contribution in [2.45, 2.75) is 38.3 Å². The molecule has 7 N–H and O–H groups in total. The molecule has 37 heavy (non-hydrogen) atoms. The smallest absolute Gasteiger partial charge is 0.323 e. The molecule has 2 aromatic carbocycles. The van der Waals surface area contributed by atoms with Gasteiger partial charge >= 0.3 is 5.97 Å². The van der Waals surface area contributed by atoms with Gasteiger partial charge in [0.25, 0.3) is 5.91 Å². The molecular weight excluding hydrogens is 514 g/mol. The van der Waals surface area contributed by atoms with E-state index >= 15 is 0 Å². The molecule has 1 amide bonds. The van der Waals surface area contributed by atoms with Crippen molar-refractivity contribution in [3.8, 4) is 10.4 Å². The Bertz CT molecular complexity index is 1440. The Labute approximate surface area is 219 Å². The molecule has 0 saturated heterocycles. The van der Waals surface area contributed by atoms with E-state index in [1.807, 2.05) is 31.2 Å². The normalized spacial score (nSPS) is 12.1. The number of carboxylic acid groups (broad SMARTS) is 1. The van der Waals surface area contributed by atoms with E-state index in [4.69, 9.17) is 11.5 Å². The van der Waals surface area contributed by atoms with Gasteiger partial charge in [0.2, 0.25) is 10.0 Å². The Balaban J connectivity index is 1.74. The van der Waals surface area contributed by atoms with Crippen molar-refractivity contribution >= 4 is 39.2 Å². The molecule has 0 saturated carbocycles. The summed E-state index contributed by atoms with van der Waals surface area (Å²) in [5.74, 6) is -1.96. The molecular formula is C25H29N5O5S2. The van der Waals surface area contributed by atoms with E-state index in [1.165, 1.54) is 11.3 Å². The lowest BCUT2D eigenvalue weighted by Gasteiger charge is -2.18. The topological polar surface area (TPSA) is 177 Å².